The summed E-state index contributed by atoms with van der Waals surface area (Å²) in [5.74, 6) is -0.308. The van der Waals surface area contributed by atoms with E-state index in [1.54, 1.807) is 0 Å². The molecule has 128 valence electrons. The Morgan fingerprint density at radius 1 is 1.32 bits per heavy atom. The molecule has 0 spiro atoms. The average molecular weight is 316 g/mol. The molecule has 1 amide bonds. The van der Waals surface area contributed by atoms with Gasteiger partial charge in [0.15, 0.2) is 0 Å². The quantitative estimate of drug-likeness (QED) is 0.687. The molecule has 1 atom stereocenters. The lowest BCUT2D eigenvalue weighted by Gasteiger charge is -2.46. The van der Waals surface area contributed by atoms with Gasteiger partial charge in [-0.05, 0) is 34.1 Å². The fourth-order valence-electron chi connectivity index (χ4n) is 1.96. The minimum absolute atomic E-state index is 0.0870. The van der Waals surface area contributed by atoms with E-state index in [2.05, 4.69) is 10.6 Å². The number of amides is 1. The van der Waals surface area contributed by atoms with Crippen molar-refractivity contribution >= 4 is 12.1 Å². The van der Waals surface area contributed by atoms with Gasteiger partial charge in [0.2, 0.25) is 0 Å². The Kier molecular flexibility index (Phi) is 6.62. The molecule has 1 rings (SSSR count). The van der Waals surface area contributed by atoms with Gasteiger partial charge in [0.05, 0.1) is 37.9 Å². The Hall–Kier alpha value is -1.34. The zero-order valence-electron chi connectivity index (χ0n) is 14.2. The number of esters is 1. The van der Waals surface area contributed by atoms with Crippen molar-refractivity contribution in [3.8, 4) is 0 Å². The summed E-state index contributed by atoms with van der Waals surface area (Å²) < 4.78 is 15.5. The Labute approximate surface area is 132 Å². The predicted molar refractivity (Wildman–Crippen MR) is 81.6 cm³/mol. The van der Waals surface area contributed by atoms with E-state index >= 15 is 0 Å². The van der Waals surface area contributed by atoms with Crippen LogP contribution in [0.4, 0.5) is 4.79 Å². The molecule has 7 nitrogen and oxygen atoms in total. The van der Waals surface area contributed by atoms with E-state index in [4.69, 9.17) is 14.2 Å². The lowest BCUT2D eigenvalue weighted by Crippen LogP contribution is -2.71. The summed E-state index contributed by atoms with van der Waals surface area (Å²) in [6, 6.07) is -0.241. The van der Waals surface area contributed by atoms with Crippen molar-refractivity contribution in [1.82, 2.24) is 10.6 Å². The van der Waals surface area contributed by atoms with Gasteiger partial charge >= 0.3 is 12.1 Å². The monoisotopic (exact) mass is 316 g/mol. The highest BCUT2D eigenvalue weighted by Crippen LogP contribution is 2.21. The lowest BCUT2D eigenvalue weighted by molar-refractivity contribution is -0.145. The maximum atomic E-state index is 11.8. The molecule has 0 aromatic carbocycles. The van der Waals surface area contributed by atoms with Crippen molar-refractivity contribution in [2.24, 2.45) is 0 Å². The van der Waals surface area contributed by atoms with Gasteiger partial charge in [-0.2, -0.15) is 0 Å². The molecule has 0 aromatic heterocycles. The zero-order valence-corrected chi connectivity index (χ0v) is 14.2. The molecule has 7 heteroatoms. The van der Waals surface area contributed by atoms with Crippen LogP contribution < -0.4 is 10.6 Å². The highest BCUT2D eigenvalue weighted by molar-refractivity contribution is 5.72. The molecule has 2 N–H and O–H groups in total. The number of rotatable bonds is 7. The van der Waals surface area contributed by atoms with E-state index in [9.17, 15) is 9.59 Å². The van der Waals surface area contributed by atoms with E-state index in [-0.39, 0.29) is 18.6 Å². The van der Waals surface area contributed by atoms with Gasteiger partial charge in [-0.1, -0.05) is 6.92 Å². The molecular formula is C15H28N2O5. The largest absolute Gasteiger partial charge is 0.465 e. The second-order valence-corrected chi connectivity index (χ2v) is 6.59. The summed E-state index contributed by atoms with van der Waals surface area (Å²) in [6.07, 6.45) is 0.304. The van der Waals surface area contributed by atoms with Crippen molar-refractivity contribution in [2.45, 2.75) is 58.2 Å². The first kappa shape index (κ1) is 18.7. The summed E-state index contributed by atoms with van der Waals surface area (Å²) in [5.41, 5.74) is -1.02. The van der Waals surface area contributed by atoms with Crippen molar-refractivity contribution in [2.75, 3.05) is 26.4 Å². The van der Waals surface area contributed by atoms with Crippen LogP contribution >= 0.6 is 0 Å². The first-order chi connectivity index (χ1) is 10.2. The maximum Gasteiger partial charge on any atom is 0.407 e. The van der Waals surface area contributed by atoms with E-state index in [1.165, 1.54) is 0 Å². The molecule has 1 aliphatic heterocycles. The number of hydrogen-bond acceptors (Lipinski definition) is 6. The predicted octanol–water partition coefficient (Wildman–Crippen LogP) is 1.21. The molecule has 1 fully saturated rings. The molecule has 0 saturated carbocycles. The number of alkyl carbamates (subject to hydrolysis) is 1. The average Bonchev–Trinajstić information content (AvgIpc) is 2.32. The Balaban J connectivity index is 2.47. The summed E-state index contributed by atoms with van der Waals surface area (Å²) in [5, 5.41) is 5.93. The van der Waals surface area contributed by atoms with Crippen LogP contribution in [0.1, 0.15) is 41.0 Å². The standard InChI is InChI=1S/C15H28N2O5/c1-6-7-21-12(18)8-16-15(9-20-10-15)11(2)17-13(19)22-14(3,4)5/h11,16H,6-10H2,1-5H3,(H,17,19)/t11-/m0/s1. The highest BCUT2D eigenvalue weighted by atomic mass is 16.6. The SMILES string of the molecule is CCCOC(=O)CNC1([C@H](C)NC(=O)OC(C)(C)C)COC1. The van der Waals surface area contributed by atoms with E-state index < -0.39 is 17.2 Å². The fraction of sp³-hybridized carbons (Fsp3) is 0.867. The number of carbonyl (C=O) groups excluding carboxylic acids is 2. The van der Waals surface area contributed by atoms with Gasteiger partial charge in [0.25, 0.3) is 0 Å². The minimum Gasteiger partial charge on any atom is -0.465 e. The third-order valence-electron chi connectivity index (χ3n) is 3.33. The first-order valence-electron chi connectivity index (χ1n) is 7.66. The fourth-order valence-corrected chi connectivity index (χ4v) is 1.96. The Morgan fingerprint density at radius 2 is 1.95 bits per heavy atom. The second kappa shape index (κ2) is 7.78. The molecule has 0 radical (unpaired) electrons. The van der Waals surface area contributed by atoms with Gasteiger partial charge < -0.3 is 19.5 Å². The Morgan fingerprint density at radius 3 is 2.41 bits per heavy atom. The zero-order chi connectivity index (χ0) is 16.8. The number of ether oxygens (including phenoxy) is 3. The number of nitrogens with one attached hydrogen (secondary N) is 2. The van der Waals surface area contributed by atoms with Crippen LogP contribution in [0, 0.1) is 0 Å². The third-order valence-corrected chi connectivity index (χ3v) is 3.33. The first-order valence-corrected chi connectivity index (χ1v) is 7.66. The molecule has 22 heavy (non-hydrogen) atoms. The summed E-state index contributed by atoms with van der Waals surface area (Å²) in [4.78, 5) is 23.4. The van der Waals surface area contributed by atoms with Crippen molar-refractivity contribution in [3.63, 3.8) is 0 Å². The normalized spacial score (nSPS) is 18.0. The van der Waals surface area contributed by atoms with Crippen LogP contribution in [0.25, 0.3) is 0 Å². The van der Waals surface area contributed by atoms with Gasteiger partial charge in [-0.3, -0.25) is 10.1 Å². The van der Waals surface area contributed by atoms with E-state index in [1.807, 2.05) is 34.6 Å². The van der Waals surface area contributed by atoms with Crippen LogP contribution in [-0.4, -0.2) is 55.6 Å². The number of hydrogen-bond donors (Lipinski definition) is 2. The maximum absolute atomic E-state index is 11.8. The molecule has 1 aliphatic rings. The van der Waals surface area contributed by atoms with E-state index in [0.29, 0.717) is 19.8 Å². The van der Waals surface area contributed by atoms with Crippen LogP contribution in [-0.2, 0) is 19.0 Å². The minimum atomic E-state index is -0.551. The summed E-state index contributed by atoms with van der Waals surface area (Å²) in [6.45, 7) is 10.6. The topological polar surface area (TPSA) is 85.9 Å². The molecule has 0 bridgehead atoms. The van der Waals surface area contributed by atoms with Crippen LogP contribution in [0.2, 0.25) is 0 Å². The van der Waals surface area contributed by atoms with Gasteiger partial charge in [-0.25, -0.2) is 4.79 Å². The van der Waals surface area contributed by atoms with Crippen LogP contribution in [0.3, 0.4) is 0 Å². The second-order valence-electron chi connectivity index (χ2n) is 6.59. The highest BCUT2D eigenvalue weighted by Gasteiger charge is 2.44. The van der Waals surface area contributed by atoms with Crippen LogP contribution in [0.15, 0.2) is 0 Å². The molecule has 0 unspecified atom stereocenters. The molecule has 0 aliphatic carbocycles. The van der Waals surface area contributed by atoms with Crippen molar-refractivity contribution in [3.05, 3.63) is 0 Å². The summed E-state index contributed by atoms with van der Waals surface area (Å²) >= 11 is 0. The molecule has 1 saturated heterocycles. The summed E-state index contributed by atoms with van der Waals surface area (Å²) in [7, 11) is 0. The van der Waals surface area contributed by atoms with Crippen LogP contribution in [0.5, 0.6) is 0 Å². The van der Waals surface area contributed by atoms with E-state index in [0.717, 1.165) is 6.42 Å². The lowest BCUT2D eigenvalue weighted by atomic mass is 9.89. The number of carbonyl (C=O) groups is 2. The van der Waals surface area contributed by atoms with Crippen molar-refractivity contribution < 1.29 is 23.8 Å². The van der Waals surface area contributed by atoms with Crippen molar-refractivity contribution in [1.29, 1.82) is 0 Å². The molecule has 0 aromatic rings. The third kappa shape index (κ3) is 5.81. The van der Waals surface area contributed by atoms with Gasteiger partial charge in [0, 0.05) is 0 Å². The molecule has 1 heterocycles. The Bertz CT molecular complexity index is 388. The van der Waals surface area contributed by atoms with Gasteiger partial charge in [-0.15, -0.1) is 0 Å². The van der Waals surface area contributed by atoms with Gasteiger partial charge in [0.1, 0.15) is 5.60 Å². The smallest absolute Gasteiger partial charge is 0.407 e. The molecular weight excluding hydrogens is 288 g/mol.